The molecule has 2 heterocycles. The highest BCUT2D eigenvalue weighted by molar-refractivity contribution is 6.21. The van der Waals surface area contributed by atoms with Crippen molar-refractivity contribution in [1.29, 1.82) is 0 Å². The molecular weight excluding hydrogens is 520 g/mol. The Balaban J connectivity index is 1.31. The van der Waals surface area contributed by atoms with Crippen LogP contribution >= 0.6 is 0 Å². The van der Waals surface area contributed by atoms with Crippen molar-refractivity contribution >= 4 is 34.5 Å². The molecule has 5 aromatic rings. The standard InChI is InChI=1S/C33H24N2O6/c1-40-28-16-15-20(19-35-31(37)23-12-5-6-13-24(23)32(35)38)17-25(28)33(39)41-30(21-9-3-2-4-10-21)29(36)26-18-34-27-14-8-7-11-22(26)27/h2-18,30,34H,19H2,1H3/t30-/m1/s1. The molecule has 202 valence electrons. The molecule has 4 aromatic carbocycles. The first kappa shape index (κ1) is 25.8. The SMILES string of the molecule is COc1ccc(CN2C(=O)c3ccccc3C2=O)cc1C(=O)O[C@@H](C(=O)c1c[nH]c2ccccc12)c1ccccc1. The van der Waals surface area contributed by atoms with Crippen molar-refractivity contribution in [2.24, 2.45) is 0 Å². The third-order valence-corrected chi connectivity index (χ3v) is 7.12. The minimum Gasteiger partial charge on any atom is -0.496 e. The zero-order valence-electron chi connectivity index (χ0n) is 22.0. The van der Waals surface area contributed by atoms with Gasteiger partial charge in [0.1, 0.15) is 11.3 Å². The van der Waals surface area contributed by atoms with Gasteiger partial charge in [-0.15, -0.1) is 0 Å². The van der Waals surface area contributed by atoms with Crippen LogP contribution in [0.4, 0.5) is 0 Å². The summed E-state index contributed by atoms with van der Waals surface area (Å²) in [4.78, 5) is 57.4. The molecule has 41 heavy (non-hydrogen) atoms. The molecule has 1 N–H and O–H groups in total. The second-order valence-electron chi connectivity index (χ2n) is 9.58. The van der Waals surface area contributed by atoms with Gasteiger partial charge in [-0.05, 0) is 35.9 Å². The number of hydrogen-bond acceptors (Lipinski definition) is 6. The fourth-order valence-electron chi connectivity index (χ4n) is 5.07. The number of methoxy groups -OCH3 is 1. The van der Waals surface area contributed by atoms with Gasteiger partial charge in [0.15, 0.2) is 6.10 Å². The van der Waals surface area contributed by atoms with Gasteiger partial charge < -0.3 is 14.5 Å². The normalized spacial score (nSPS) is 13.2. The highest BCUT2D eigenvalue weighted by Crippen LogP contribution is 2.31. The number of esters is 1. The summed E-state index contributed by atoms with van der Waals surface area (Å²) in [6.07, 6.45) is 0.382. The number of imide groups is 1. The van der Waals surface area contributed by atoms with Crippen molar-refractivity contribution in [3.05, 3.63) is 137 Å². The van der Waals surface area contributed by atoms with Crippen molar-refractivity contribution in [3.63, 3.8) is 0 Å². The Morgan fingerprint density at radius 2 is 1.46 bits per heavy atom. The van der Waals surface area contributed by atoms with Gasteiger partial charge in [-0.25, -0.2) is 4.79 Å². The van der Waals surface area contributed by atoms with Gasteiger partial charge in [-0.3, -0.25) is 19.3 Å². The van der Waals surface area contributed by atoms with E-state index in [0.717, 1.165) is 15.8 Å². The monoisotopic (exact) mass is 544 g/mol. The van der Waals surface area contributed by atoms with Crippen LogP contribution < -0.4 is 4.74 Å². The number of carbonyl (C=O) groups excluding carboxylic acids is 4. The molecule has 1 atom stereocenters. The number of rotatable bonds is 8. The lowest BCUT2D eigenvalue weighted by atomic mass is 9.99. The van der Waals surface area contributed by atoms with E-state index in [1.54, 1.807) is 66.9 Å². The van der Waals surface area contributed by atoms with Crippen LogP contribution in [0, 0.1) is 0 Å². The number of ketones is 1. The molecule has 6 rings (SSSR count). The zero-order valence-corrected chi connectivity index (χ0v) is 22.0. The highest BCUT2D eigenvalue weighted by Gasteiger charge is 2.35. The largest absolute Gasteiger partial charge is 0.496 e. The number of amides is 2. The Kier molecular flexibility index (Phi) is 6.65. The summed E-state index contributed by atoms with van der Waals surface area (Å²) >= 11 is 0. The van der Waals surface area contributed by atoms with Crippen LogP contribution in [0.2, 0.25) is 0 Å². The van der Waals surface area contributed by atoms with Crippen LogP contribution in [0.5, 0.6) is 5.75 Å². The maximum absolute atomic E-state index is 13.8. The van der Waals surface area contributed by atoms with Crippen LogP contribution in [0.1, 0.15) is 58.7 Å². The molecule has 8 heteroatoms. The second-order valence-corrected chi connectivity index (χ2v) is 9.58. The molecule has 0 saturated heterocycles. The number of fused-ring (bicyclic) bond motifs is 2. The fraction of sp³-hybridized carbons (Fsp3) is 0.0909. The molecule has 0 bridgehead atoms. The van der Waals surface area contributed by atoms with E-state index in [4.69, 9.17) is 9.47 Å². The number of aromatic amines is 1. The fourth-order valence-corrected chi connectivity index (χ4v) is 5.07. The molecule has 1 aromatic heterocycles. The maximum atomic E-state index is 13.8. The smallest absolute Gasteiger partial charge is 0.343 e. The number of carbonyl (C=O) groups is 4. The number of hydrogen-bond donors (Lipinski definition) is 1. The van der Waals surface area contributed by atoms with Gasteiger partial charge in [-0.1, -0.05) is 66.7 Å². The summed E-state index contributed by atoms with van der Waals surface area (Å²) in [5.74, 6) is -1.75. The number of para-hydroxylation sites is 1. The molecule has 0 fully saturated rings. The Bertz CT molecular complexity index is 1790. The Morgan fingerprint density at radius 3 is 2.17 bits per heavy atom. The molecule has 0 aliphatic carbocycles. The Morgan fingerprint density at radius 1 is 0.805 bits per heavy atom. The second kappa shape index (κ2) is 10.6. The van der Waals surface area contributed by atoms with E-state index in [1.807, 2.05) is 30.3 Å². The lowest BCUT2D eigenvalue weighted by molar-refractivity contribution is 0.0277. The van der Waals surface area contributed by atoms with E-state index in [0.29, 0.717) is 27.8 Å². The summed E-state index contributed by atoms with van der Waals surface area (Å²) < 4.78 is 11.3. The van der Waals surface area contributed by atoms with Gasteiger partial charge in [0.05, 0.1) is 24.8 Å². The van der Waals surface area contributed by atoms with Crippen LogP contribution in [0.25, 0.3) is 10.9 Å². The summed E-state index contributed by atoms with van der Waals surface area (Å²) in [6.45, 7) is -0.0486. The predicted octanol–water partition coefficient (Wildman–Crippen LogP) is 5.75. The Labute approximate surface area is 235 Å². The van der Waals surface area contributed by atoms with Gasteiger partial charge in [0, 0.05) is 28.2 Å². The van der Waals surface area contributed by atoms with Crippen LogP contribution in [-0.2, 0) is 11.3 Å². The number of Topliss-reactive ketones (excluding diaryl/α,β-unsaturated/α-hetero) is 1. The first-order valence-corrected chi connectivity index (χ1v) is 12.9. The molecule has 0 saturated carbocycles. The van der Waals surface area contributed by atoms with E-state index in [2.05, 4.69) is 4.98 Å². The number of ether oxygens (including phenoxy) is 2. The average molecular weight is 545 g/mol. The molecule has 1 aliphatic rings. The minimum absolute atomic E-state index is 0.0486. The number of H-pyrrole nitrogens is 1. The van der Waals surface area contributed by atoms with Crippen LogP contribution in [-0.4, -0.2) is 40.6 Å². The van der Waals surface area contributed by atoms with E-state index in [-0.39, 0.29) is 23.6 Å². The Hall–Kier alpha value is -5.50. The van der Waals surface area contributed by atoms with Gasteiger partial charge in [0.25, 0.3) is 11.8 Å². The van der Waals surface area contributed by atoms with Gasteiger partial charge >= 0.3 is 5.97 Å². The minimum atomic E-state index is -1.23. The molecule has 0 unspecified atom stereocenters. The lowest BCUT2D eigenvalue weighted by Crippen LogP contribution is -2.29. The molecule has 2 amide bonds. The summed E-state index contributed by atoms with van der Waals surface area (Å²) in [7, 11) is 1.42. The van der Waals surface area contributed by atoms with E-state index in [9.17, 15) is 19.2 Å². The summed E-state index contributed by atoms with van der Waals surface area (Å²) in [5.41, 5.74) is 2.96. The summed E-state index contributed by atoms with van der Waals surface area (Å²) in [6, 6.07) is 27.6. The topological polar surface area (TPSA) is 106 Å². The summed E-state index contributed by atoms with van der Waals surface area (Å²) in [5, 5.41) is 0.718. The van der Waals surface area contributed by atoms with E-state index in [1.165, 1.54) is 13.2 Å². The van der Waals surface area contributed by atoms with Crippen LogP contribution in [0.15, 0.2) is 103 Å². The number of nitrogens with one attached hydrogen (secondary N) is 1. The lowest BCUT2D eigenvalue weighted by Gasteiger charge is -2.19. The van der Waals surface area contributed by atoms with Gasteiger partial charge in [-0.2, -0.15) is 0 Å². The molecule has 0 spiro atoms. The van der Waals surface area contributed by atoms with Crippen molar-refractivity contribution in [2.75, 3.05) is 7.11 Å². The van der Waals surface area contributed by atoms with Crippen molar-refractivity contribution in [1.82, 2.24) is 9.88 Å². The third-order valence-electron chi connectivity index (χ3n) is 7.12. The first-order valence-electron chi connectivity index (χ1n) is 12.9. The van der Waals surface area contributed by atoms with E-state index < -0.39 is 23.9 Å². The number of aromatic nitrogens is 1. The molecular formula is C33H24N2O6. The van der Waals surface area contributed by atoms with Crippen LogP contribution in [0.3, 0.4) is 0 Å². The van der Waals surface area contributed by atoms with E-state index >= 15 is 0 Å². The molecule has 1 aliphatic heterocycles. The van der Waals surface area contributed by atoms with Crippen molar-refractivity contribution < 1.29 is 28.7 Å². The average Bonchev–Trinajstić information content (AvgIpc) is 3.55. The molecule has 0 radical (unpaired) electrons. The first-order chi connectivity index (χ1) is 20.0. The predicted molar refractivity (Wildman–Crippen MR) is 151 cm³/mol. The highest BCUT2D eigenvalue weighted by atomic mass is 16.5. The molecule has 8 nitrogen and oxygen atoms in total. The van der Waals surface area contributed by atoms with Crippen molar-refractivity contribution in [3.8, 4) is 5.75 Å². The quantitative estimate of drug-likeness (QED) is 0.151. The number of nitrogens with zero attached hydrogens (tertiary/aromatic N) is 1. The van der Waals surface area contributed by atoms with Gasteiger partial charge in [0.2, 0.25) is 5.78 Å². The number of benzene rings is 4. The third kappa shape index (κ3) is 4.65. The zero-order chi connectivity index (χ0) is 28.5. The van der Waals surface area contributed by atoms with Crippen molar-refractivity contribution in [2.45, 2.75) is 12.6 Å². The maximum Gasteiger partial charge on any atom is 0.343 e.